The lowest BCUT2D eigenvalue weighted by Gasteiger charge is -2.13. The number of nitrogens with zero attached hydrogens (tertiary/aromatic N) is 1. The fourth-order valence-electron chi connectivity index (χ4n) is 1.65. The summed E-state index contributed by atoms with van der Waals surface area (Å²) < 4.78 is 0. The molecule has 0 aromatic rings. The number of carboxylic acids is 7. The van der Waals surface area contributed by atoms with Gasteiger partial charge in [0, 0.05) is 35.7 Å². The van der Waals surface area contributed by atoms with E-state index in [-0.39, 0.29) is 28.7 Å². The molecular formula is C21H32N4O16S3. The van der Waals surface area contributed by atoms with E-state index in [0.717, 1.165) is 30.4 Å². The van der Waals surface area contributed by atoms with Gasteiger partial charge in [0.25, 0.3) is 0 Å². The van der Waals surface area contributed by atoms with Gasteiger partial charge in [0.1, 0.15) is 23.8 Å². The van der Waals surface area contributed by atoms with Crippen LogP contribution in [0.5, 0.6) is 0 Å². The fraction of sp³-hybridized carbons (Fsp3) is 0.524. The van der Waals surface area contributed by atoms with E-state index in [2.05, 4.69) is 4.99 Å². The SMILES string of the molecule is CC(=O)C(=O)O.NC(CSCC(=O)C(=O)O)C(=O)O.NC(CSCC(N)C(=O)O)C(=O)O.O=C(O)C1=NC(C(=O)O)CSC1. The molecule has 20 nitrogen and oxygen atoms in total. The summed E-state index contributed by atoms with van der Waals surface area (Å²) in [5, 5.41) is 57.9. The number of nitrogens with two attached hydrogens (primary N) is 3. The second-order valence-corrected chi connectivity index (χ2v) is 10.9. The van der Waals surface area contributed by atoms with Crippen molar-refractivity contribution in [2.75, 3.05) is 34.5 Å². The van der Waals surface area contributed by atoms with Crippen molar-refractivity contribution in [2.45, 2.75) is 31.1 Å². The Labute approximate surface area is 260 Å². The minimum absolute atomic E-state index is 0.0222. The van der Waals surface area contributed by atoms with E-state index in [9.17, 15) is 43.2 Å². The molecule has 0 fully saturated rings. The number of ketones is 2. The average molecular weight is 693 g/mol. The van der Waals surface area contributed by atoms with Crippen molar-refractivity contribution >= 4 is 94.3 Å². The molecular weight excluding hydrogens is 660 g/mol. The molecule has 4 unspecified atom stereocenters. The molecule has 44 heavy (non-hydrogen) atoms. The Morgan fingerprint density at radius 2 is 1.14 bits per heavy atom. The van der Waals surface area contributed by atoms with Gasteiger partial charge in [-0.15, -0.1) is 0 Å². The number of Topliss-reactive ketones (excluding diaryl/α,β-unsaturated/α-hetero) is 2. The second kappa shape index (κ2) is 24.6. The van der Waals surface area contributed by atoms with Crippen LogP contribution in [0.3, 0.4) is 0 Å². The lowest BCUT2D eigenvalue weighted by atomic mass is 10.3. The number of thioether (sulfide) groups is 3. The summed E-state index contributed by atoms with van der Waals surface area (Å²) in [6, 6.07) is -3.89. The van der Waals surface area contributed by atoms with Crippen LogP contribution in [-0.2, 0) is 43.2 Å². The van der Waals surface area contributed by atoms with Gasteiger partial charge in [-0.25, -0.2) is 19.2 Å². The maximum Gasteiger partial charge on any atom is 0.373 e. The first-order chi connectivity index (χ1) is 20.1. The molecule has 0 radical (unpaired) electrons. The summed E-state index contributed by atoms with van der Waals surface area (Å²) in [5.41, 5.74) is 15.4. The fourth-order valence-corrected chi connectivity index (χ4v) is 4.35. The maximum absolute atomic E-state index is 10.5. The van der Waals surface area contributed by atoms with Crippen LogP contribution in [0, 0.1) is 0 Å². The van der Waals surface area contributed by atoms with E-state index in [0.29, 0.717) is 11.5 Å². The lowest BCUT2D eigenvalue weighted by Crippen LogP contribution is -2.36. The summed E-state index contributed by atoms with van der Waals surface area (Å²) in [7, 11) is 0. The molecule has 0 aromatic carbocycles. The first kappa shape index (κ1) is 44.7. The molecule has 0 aliphatic carbocycles. The van der Waals surface area contributed by atoms with Crippen LogP contribution in [-0.4, -0.2) is 153 Å². The van der Waals surface area contributed by atoms with Gasteiger partial charge in [0.05, 0.1) is 5.75 Å². The first-order valence-corrected chi connectivity index (χ1v) is 14.8. The molecule has 0 bridgehead atoms. The molecule has 0 saturated heterocycles. The minimum atomic E-state index is -1.52. The van der Waals surface area contributed by atoms with Crippen molar-refractivity contribution in [3.8, 4) is 0 Å². The quantitative estimate of drug-likeness (QED) is 0.0751. The summed E-state index contributed by atoms with van der Waals surface area (Å²) in [6.45, 7) is 1.00. The molecule has 0 amide bonds. The smallest absolute Gasteiger partial charge is 0.373 e. The molecule has 250 valence electrons. The highest BCUT2D eigenvalue weighted by molar-refractivity contribution is 8.00. The largest absolute Gasteiger partial charge is 0.480 e. The minimum Gasteiger partial charge on any atom is -0.480 e. The number of carbonyl (C=O) groups excluding carboxylic acids is 2. The summed E-state index contributed by atoms with van der Waals surface area (Å²) in [5.74, 6) is -9.51. The van der Waals surface area contributed by atoms with Crippen molar-refractivity contribution in [3.63, 3.8) is 0 Å². The van der Waals surface area contributed by atoms with E-state index in [1.54, 1.807) is 0 Å². The molecule has 0 spiro atoms. The Morgan fingerprint density at radius 3 is 1.43 bits per heavy atom. The Hall–Kier alpha value is -3.77. The zero-order valence-corrected chi connectivity index (χ0v) is 25.2. The number of aliphatic imine (C=N–C) groups is 1. The Kier molecular flexibility index (Phi) is 25.0. The van der Waals surface area contributed by atoms with Gasteiger partial charge in [-0.05, 0) is 0 Å². The summed E-state index contributed by atoms with van der Waals surface area (Å²) >= 11 is 3.28. The number of carboxylic acid groups (broad SMARTS) is 7. The van der Waals surface area contributed by atoms with E-state index in [4.69, 9.17) is 52.9 Å². The third-order valence-corrected chi connectivity index (χ3v) is 7.25. The molecule has 4 atom stereocenters. The Bertz CT molecular complexity index is 1060. The third-order valence-electron chi connectivity index (χ3n) is 3.97. The number of rotatable bonds is 15. The van der Waals surface area contributed by atoms with Gasteiger partial charge in [0.2, 0.25) is 11.6 Å². The molecule has 1 heterocycles. The molecule has 1 aliphatic rings. The molecule has 0 aromatic heterocycles. The van der Waals surface area contributed by atoms with Crippen molar-refractivity contribution in [3.05, 3.63) is 0 Å². The highest BCUT2D eigenvalue weighted by atomic mass is 32.2. The maximum atomic E-state index is 10.5. The highest BCUT2D eigenvalue weighted by Gasteiger charge is 2.24. The van der Waals surface area contributed by atoms with E-state index in [1.165, 1.54) is 11.8 Å². The predicted octanol–water partition coefficient (Wildman–Crippen LogP) is -3.30. The van der Waals surface area contributed by atoms with Gasteiger partial charge in [-0.3, -0.25) is 29.0 Å². The van der Waals surface area contributed by atoms with Gasteiger partial charge in [0.15, 0.2) is 6.04 Å². The van der Waals surface area contributed by atoms with Gasteiger partial charge in [-0.1, -0.05) is 0 Å². The van der Waals surface area contributed by atoms with Crippen LogP contribution >= 0.6 is 35.3 Å². The van der Waals surface area contributed by atoms with Crippen molar-refractivity contribution in [2.24, 2.45) is 22.2 Å². The number of hydrogen-bond donors (Lipinski definition) is 10. The third kappa shape index (κ3) is 24.8. The Morgan fingerprint density at radius 1 is 0.750 bits per heavy atom. The van der Waals surface area contributed by atoms with Crippen LogP contribution in [0.15, 0.2) is 4.99 Å². The lowest BCUT2D eigenvalue weighted by molar-refractivity contribution is -0.148. The van der Waals surface area contributed by atoms with Crippen LogP contribution in [0.4, 0.5) is 0 Å². The second-order valence-electron chi connectivity index (χ2n) is 7.73. The van der Waals surface area contributed by atoms with Crippen LogP contribution in [0.25, 0.3) is 0 Å². The standard InChI is InChI=1S/C6H12N2O4S.C6H9NO5S.C6H7NO4S.C3H4O3/c2*7-3(5(9)10)1-13-2-4(8)6(11)12;8-5(9)3-1-12-2-4(7-3)6(10)11;1-2(4)3(5)6/h3-4H,1-2,7-8H2,(H,9,10)(H,11,12);3H,1-2,7H2,(H,9,10)(H,11,12);3H,1-2H2,(H,8,9)(H,10,11);1H3,(H,5,6). The van der Waals surface area contributed by atoms with Crippen molar-refractivity contribution < 1.29 is 78.9 Å². The monoisotopic (exact) mass is 692 g/mol. The van der Waals surface area contributed by atoms with Crippen LogP contribution < -0.4 is 17.2 Å². The molecule has 13 N–H and O–H groups in total. The van der Waals surface area contributed by atoms with Crippen molar-refractivity contribution in [1.29, 1.82) is 0 Å². The summed E-state index contributed by atoms with van der Waals surface area (Å²) in [4.78, 5) is 94.4. The molecule has 23 heteroatoms. The number of carbonyl (C=O) groups is 9. The normalized spacial score (nSPS) is 15.3. The van der Waals surface area contributed by atoms with Crippen LogP contribution in [0.1, 0.15) is 6.92 Å². The highest BCUT2D eigenvalue weighted by Crippen LogP contribution is 2.13. The van der Waals surface area contributed by atoms with E-state index < -0.39 is 77.5 Å². The molecule has 1 rings (SSSR count). The van der Waals surface area contributed by atoms with E-state index >= 15 is 0 Å². The van der Waals surface area contributed by atoms with Crippen LogP contribution in [0.2, 0.25) is 0 Å². The zero-order chi connectivity index (χ0) is 35.2. The first-order valence-electron chi connectivity index (χ1n) is 11.4. The van der Waals surface area contributed by atoms with Gasteiger partial charge >= 0.3 is 41.8 Å². The zero-order valence-electron chi connectivity index (χ0n) is 22.8. The van der Waals surface area contributed by atoms with E-state index in [1.807, 2.05) is 0 Å². The average Bonchev–Trinajstić information content (AvgIpc) is 2.93. The van der Waals surface area contributed by atoms with Gasteiger partial charge in [-0.2, -0.15) is 35.3 Å². The predicted molar refractivity (Wildman–Crippen MR) is 156 cm³/mol. The molecule has 1 aliphatic heterocycles. The molecule has 0 saturated carbocycles. The van der Waals surface area contributed by atoms with Gasteiger partial charge < -0.3 is 52.9 Å². The Balaban J connectivity index is -0.000000525. The number of aliphatic carboxylic acids is 7. The van der Waals surface area contributed by atoms with Crippen molar-refractivity contribution in [1.82, 2.24) is 0 Å². The topological polar surface area (TPSA) is 386 Å². The number of hydrogen-bond acceptors (Lipinski definition) is 16. The summed E-state index contributed by atoms with van der Waals surface area (Å²) in [6.07, 6.45) is 0.